The Morgan fingerprint density at radius 1 is 0.653 bits per heavy atom. The van der Waals surface area contributed by atoms with Crippen LogP contribution in [0.3, 0.4) is 0 Å². The number of hydrogen-bond donors (Lipinski definition) is 0. The van der Waals surface area contributed by atoms with Gasteiger partial charge in [0.25, 0.3) is 0 Å². The third-order valence-corrected chi connectivity index (χ3v) is 10.0. The second-order valence-corrected chi connectivity index (χ2v) is 16.7. The summed E-state index contributed by atoms with van der Waals surface area (Å²) in [6.45, 7) is 17.4. The average Bonchev–Trinajstić information content (AvgIpc) is 3.81. The summed E-state index contributed by atoms with van der Waals surface area (Å²) in [5, 5.41) is 15.3. The largest absolute Gasteiger partial charge is 2.00 e. The molecule has 242 valence electrons. The Kier molecular flexibility index (Phi) is 9.03. The van der Waals surface area contributed by atoms with E-state index in [2.05, 4.69) is 125 Å². The van der Waals surface area contributed by atoms with Gasteiger partial charge in [0, 0.05) is 8.99 Å². The molecule has 0 saturated heterocycles. The first-order valence-corrected chi connectivity index (χ1v) is 17.5. The van der Waals surface area contributed by atoms with Crippen LogP contribution in [0.2, 0.25) is 0 Å². The van der Waals surface area contributed by atoms with Gasteiger partial charge in [-0.25, -0.2) is 9.98 Å². The molecule has 0 unspecified atom stereocenters. The number of allylic oxidation sites excluding steroid dienone is 7. The van der Waals surface area contributed by atoms with Gasteiger partial charge >= 0.3 is 19.5 Å². The normalized spacial score (nSPS) is 18.3. The molecule has 5 heterocycles. The molecule has 4 aliphatic heterocycles. The van der Waals surface area contributed by atoms with Crippen LogP contribution in [0.5, 0.6) is 0 Å². The molecule has 3 aromatic rings. The standard InChI is InChI=1S/C42H40IN4O.Zn/c1-40(2,3)26-19-25(20-27(21-26)41(4,5)6)38-32-16-14-30(45-32)23-36-42(7,8)39(48)35(47-36)22-29-13-15-31(44-29)37(33-17-18-34(38)46-33)24-9-11-28(43)12-10-24;/h9-23H,1-8H3,(H-,44,45,46,47,48);/q-1;+2/p-1. The van der Waals surface area contributed by atoms with Crippen molar-refractivity contribution in [2.24, 2.45) is 20.4 Å². The van der Waals surface area contributed by atoms with Crippen molar-refractivity contribution in [1.29, 1.82) is 0 Å². The van der Waals surface area contributed by atoms with Gasteiger partial charge in [-0.1, -0.05) is 104 Å². The zero-order valence-corrected chi connectivity index (χ0v) is 34.6. The van der Waals surface area contributed by atoms with Crippen LogP contribution in [0.4, 0.5) is 0 Å². The van der Waals surface area contributed by atoms with Gasteiger partial charge in [-0.15, -0.1) is 10.7 Å². The van der Waals surface area contributed by atoms with Crippen molar-refractivity contribution in [3.05, 3.63) is 150 Å². The molecule has 0 spiro atoms. The fourth-order valence-corrected chi connectivity index (χ4v) is 6.65. The second-order valence-electron chi connectivity index (χ2n) is 15.4. The van der Waals surface area contributed by atoms with E-state index in [1.165, 1.54) is 11.1 Å². The zero-order chi connectivity index (χ0) is 34.2. The van der Waals surface area contributed by atoms with Crippen LogP contribution < -0.4 is 20.8 Å². The molecule has 49 heavy (non-hydrogen) atoms. The molecule has 7 heteroatoms. The number of nitrogens with zero attached hydrogens (tertiary/aromatic N) is 4. The smallest absolute Gasteiger partial charge is 0.873 e. The van der Waals surface area contributed by atoms with Crippen LogP contribution in [0, 0.1) is 8.99 Å². The average molecular weight is 808 g/mol. The van der Waals surface area contributed by atoms with Crippen molar-refractivity contribution >= 4 is 50.9 Å². The Morgan fingerprint density at radius 3 is 1.69 bits per heavy atom. The summed E-state index contributed by atoms with van der Waals surface area (Å²) in [5.74, 6) is -0.0286. The minimum absolute atomic E-state index is 0. The number of benzene rings is 2. The van der Waals surface area contributed by atoms with Crippen LogP contribution in [0.15, 0.2) is 129 Å². The van der Waals surface area contributed by atoms with Crippen molar-refractivity contribution < 1.29 is 24.6 Å². The monoisotopic (exact) mass is 806 g/mol. The summed E-state index contributed by atoms with van der Waals surface area (Å²) in [4.78, 5) is 20.4. The summed E-state index contributed by atoms with van der Waals surface area (Å²) >= 11 is 2.33. The Balaban J connectivity index is 0.00000417. The first-order chi connectivity index (χ1) is 22.6. The maximum absolute atomic E-state index is 13.6. The Hall–Kier alpha value is -3.68. The molecule has 0 fully saturated rings. The molecule has 0 aliphatic carbocycles. The molecule has 8 bridgehead atoms. The van der Waals surface area contributed by atoms with Crippen molar-refractivity contribution in [3.63, 3.8) is 0 Å². The SMILES string of the molecule is CC1(C)C2=NC(=C1[O-])C=C1C=CC(=N1)C(c1ccc(I)cc1)=c1ccc([n-]1)=C(c1cc(C(C)(C)C)cc(C(C)(C)C)c1)C1=NC(=C2)C=C1.[Zn+2]. The van der Waals surface area contributed by atoms with E-state index in [1.54, 1.807) is 6.08 Å². The number of hydrogen-bond acceptors (Lipinski definition) is 4. The van der Waals surface area contributed by atoms with E-state index >= 15 is 0 Å². The fourth-order valence-electron chi connectivity index (χ4n) is 6.29. The van der Waals surface area contributed by atoms with Crippen molar-refractivity contribution in [1.82, 2.24) is 4.98 Å². The molecular weight excluding hydrogens is 769 g/mol. The number of aromatic nitrogens is 1. The van der Waals surface area contributed by atoms with E-state index in [0.717, 1.165) is 53.7 Å². The van der Waals surface area contributed by atoms with Crippen LogP contribution >= 0.6 is 22.6 Å². The van der Waals surface area contributed by atoms with Gasteiger partial charge in [0.05, 0.1) is 34.2 Å². The van der Waals surface area contributed by atoms with Gasteiger partial charge in [-0.05, 0) is 115 Å². The van der Waals surface area contributed by atoms with Gasteiger partial charge in [-0.3, -0.25) is 4.99 Å². The van der Waals surface area contributed by atoms with E-state index in [9.17, 15) is 5.11 Å². The van der Waals surface area contributed by atoms with E-state index in [0.29, 0.717) is 17.1 Å². The summed E-state index contributed by atoms with van der Waals surface area (Å²) in [6.07, 6.45) is 11.8. The number of halogens is 1. The molecule has 2 aromatic carbocycles. The molecule has 5 nitrogen and oxygen atoms in total. The van der Waals surface area contributed by atoms with E-state index in [1.807, 2.05) is 38.2 Å². The predicted molar refractivity (Wildman–Crippen MR) is 205 cm³/mol. The fraction of sp³-hybridized carbons (Fsp3) is 0.262. The van der Waals surface area contributed by atoms with Crippen LogP contribution in [-0.2, 0) is 30.3 Å². The Labute approximate surface area is 315 Å². The van der Waals surface area contributed by atoms with E-state index in [-0.39, 0.29) is 36.1 Å². The summed E-state index contributed by atoms with van der Waals surface area (Å²) in [6, 6.07) is 19.5. The second kappa shape index (κ2) is 12.6. The third kappa shape index (κ3) is 6.64. The Morgan fingerprint density at radius 2 is 1.16 bits per heavy atom. The summed E-state index contributed by atoms with van der Waals surface area (Å²) in [7, 11) is 0. The molecule has 7 rings (SSSR count). The molecular formula is C42H39IN4OZn. The third-order valence-electron chi connectivity index (χ3n) is 9.32. The number of rotatable bonds is 2. The molecule has 0 radical (unpaired) electrons. The van der Waals surface area contributed by atoms with Gasteiger partial charge in [-0.2, -0.15) is 0 Å². The molecule has 4 aliphatic rings. The number of fused-ring (bicyclic) bond motifs is 5. The van der Waals surface area contributed by atoms with Gasteiger partial charge in [0.15, 0.2) is 0 Å². The molecule has 0 atom stereocenters. The van der Waals surface area contributed by atoms with E-state index < -0.39 is 5.41 Å². The molecule has 1 aromatic heterocycles. The molecule has 0 saturated carbocycles. The molecule has 0 amide bonds. The maximum Gasteiger partial charge on any atom is 2.00 e. The topological polar surface area (TPSA) is 74.2 Å². The van der Waals surface area contributed by atoms with Crippen molar-refractivity contribution in [2.45, 2.75) is 66.2 Å². The van der Waals surface area contributed by atoms with Gasteiger partial charge < -0.3 is 10.1 Å². The quantitative estimate of drug-likeness (QED) is 0.205. The number of aliphatic imine (C=N–C) groups is 3. The minimum Gasteiger partial charge on any atom is -0.873 e. The van der Waals surface area contributed by atoms with Crippen molar-refractivity contribution in [2.75, 3.05) is 0 Å². The first-order valence-electron chi connectivity index (χ1n) is 16.4. The maximum atomic E-state index is 13.6. The van der Waals surface area contributed by atoms with E-state index in [4.69, 9.17) is 20.0 Å². The molecule has 0 N–H and O–H groups in total. The summed E-state index contributed by atoms with van der Waals surface area (Å²) in [5.41, 5.74) is 9.75. The van der Waals surface area contributed by atoms with Crippen molar-refractivity contribution in [3.8, 4) is 0 Å². The Bertz CT molecular complexity index is 2240. The van der Waals surface area contributed by atoms with Gasteiger partial charge in [0.2, 0.25) is 0 Å². The zero-order valence-electron chi connectivity index (χ0n) is 29.4. The minimum atomic E-state index is -0.788. The van der Waals surface area contributed by atoms with Crippen LogP contribution in [0.1, 0.15) is 77.6 Å². The van der Waals surface area contributed by atoms with Crippen LogP contribution in [0.25, 0.3) is 11.1 Å². The summed E-state index contributed by atoms with van der Waals surface area (Å²) < 4.78 is 1.15. The van der Waals surface area contributed by atoms with Crippen LogP contribution in [-0.4, -0.2) is 17.1 Å². The predicted octanol–water partition coefficient (Wildman–Crippen LogP) is 7.09. The first kappa shape index (κ1) is 35.2. The van der Waals surface area contributed by atoms with Gasteiger partial charge in [0.1, 0.15) is 0 Å².